The van der Waals surface area contributed by atoms with Crippen LogP contribution in [0.4, 0.5) is 0 Å². The van der Waals surface area contributed by atoms with E-state index in [9.17, 15) is 4.79 Å². The van der Waals surface area contributed by atoms with Gasteiger partial charge in [0, 0.05) is 6.42 Å². The highest BCUT2D eigenvalue weighted by atomic mass is 16.5. The third-order valence-corrected chi connectivity index (χ3v) is 5.25. The Hall–Kier alpha value is -0.530. The monoisotopic (exact) mass is 367 g/mol. The molecule has 1 radical (unpaired) electrons. The first-order valence-electron chi connectivity index (χ1n) is 11.8. The lowest BCUT2D eigenvalue weighted by Gasteiger charge is -2.04. The molecule has 0 atom stereocenters. The standard InChI is InChI=1S/C24H47O2/c1-3-5-6-7-8-9-10-11-12-13-14-15-16-17-18-19-20-21-22-23-24(25)26-4-2/h2-23H2,1H3. The van der Waals surface area contributed by atoms with Crippen LogP contribution in [-0.2, 0) is 9.53 Å². The lowest BCUT2D eigenvalue weighted by atomic mass is 10.0. The van der Waals surface area contributed by atoms with E-state index in [0.717, 1.165) is 12.8 Å². The summed E-state index contributed by atoms with van der Waals surface area (Å²) in [4.78, 5) is 11.2. The normalized spacial score (nSPS) is 11.0. The highest BCUT2D eigenvalue weighted by molar-refractivity contribution is 5.69. The zero-order valence-corrected chi connectivity index (χ0v) is 17.9. The van der Waals surface area contributed by atoms with E-state index in [1.807, 2.05) is 0 Å². The molecule has 2 heteroatoms. The first kappa shape index (κ1) is 25.5. The van der Waals surface area contributed by atoms with Crippen LogP contribution in [0.1, 0.15) is 135 Å². The second-order valence-electron chi connectivity index (χ2n) is 7.83. The van der Waals surface area contributed by atoms with Gasteiger partial charge in [-0.1, -0.05) is 122 Å². The zero-order valence-electron chi connectivity index (χ0n) is 17.9. The van der Waals surface area contributed by atoms with Crippen molar-refractivity contribution in [2.75, 3.05) is 6.61 Å². The summed E-state index contributed by atoms with van der Waals surface area (Å²) in [6.45, 7) is 6.06. The Kier molecular flexibility index (Phi) is 22.1. The first-order chi connectivity index (χ1) is 12.8. The van der Waals surface area contributed by atoms with Gasteiger partial charge in [-0.2, -0.15) is 0 Å². The van der Waals surface area contributed by atoms with E-state index in [1.54, 1.807) is 0 Å². The molecule has 155 valence electrons. The lowest BCUT2D eigenvalue weighted by Crippen LogP contribution is -2.03. The molecule has 0 aromatic carbocycles. The third kappa shape index (κ3) is 21.5. The van der Waals surface area contributed by atoms with Gasteiger partial charge in [-0.3, -0.25) is 4.79 Å². The predicted molar refractivity (Wildman–Crippen MR) is 114 cm³/mol. The van der Waals surface area contributed by atoms with Crippen LogP contribution in [0, 0.1) is 6.92 Å². The molecule has 0 amide bonds. The van der Waals surface area contributed by atoms with Crippen LogP contribution in [-0.4, -0.2) is 12.6 Å². The predicted octanol–water partition coefficient (Wildman–Crippen LogP) is 8.19. The van der Waals surface area contributed by atoms with E-state index in [2.05, 4.69) is 13.8 Å². The van der Waals surface area contributed by atoms with Gasteiger partial charge in [0.25, 0.3) is 0 Å². The molecule has 0 aliphatic rings. The summed E-state index contributed by atoms with van der Waals surface area (Å²) >= 11 is 0. The zero-order chi connectivity index (χ0) is 19.1. The summed E-state index contributed by atoms with van der Waals surface area (Å²) in [5, 5.41) is 0. The summed E-state index contributed by atoms with van der Waals surface area (Å²) in [5.74, 6) is -0.0908. The SMILES string of the molecule is [CH2]COC(=O)CCCCCCCCCCCCCCCCCCCCC. The Balaban J connectivity index is 3.02. The number of carbonyl (C=O) groups is 1. The van der Waals surface area contributed by atoms with Gasteiger partial charge < -0.3 is 4.74 Å². The number of rotatable bonds is 21. The quantitative estimate of drug-likeness (QED) is 0.151. The van der Waals surface area contributed by atoms with E-state index >= 15 is 0 Å². The number of carbonyl (C=O) groups excluding carboxylic acids is 1. The molecule has 0 aromatic rings. The van der Waals surface area contributed by atoms with Crippen LogP contribution in [0.25, 0.3) is 0 Å². The maximum atomic E-state index is 11.2. The number of hydrogen-bond acceptors (Lipinski definition) is 2. The lowest BCUT2D eigenvalue weighted by molar-refractivity contribution is -0.142. The maximum Gasteiger partial charge on any atom is 0.305 e. The maximum absolute atomic E-state index is 11.2. The van der Waals surface area contributed by atoms with Crippen molar-refractivity contribution in [1.82, 2.24) is 0 Å². The highest BCUT2D eigenvalue weighted by Crippen LogP contribution is 2.14. The Labute approximate surface area is 164 Å². The van der Waals surface area contributed by atoms with Gasteiger partial charge in [-0.25, -0.2) is 0 Å². The van der Waals surface area contributed by atoms with Crippen molar-refractivity contribution in [3.63, 3.8) is 0 Å². The van der Waals surface area contributed by atoms with Gasteiger partial charge in [0.05, 0.1) is 6.61 Å². The summed E-state index contributed by atoms with van der Waals surface area (Å²) in [6.07, 6.45) is 26.7. The molecular weight excluding hydrogens is 320 g/mol. The average Bonchev–Trinajstić information content (AvgIpc) is 2.64. The molecule has 2 nitrogen and oxygen atoms in total. The van der Waals surface area contributed by atoms with Crippen molar-refractivity contribution in [3.05, 3.63) is 6.92 Å². The van der Waals surface area contributed by atoms with Gasteiger partial charge in [0.2, 0.25) is 0 Å². The number of hydrogen-bond donors (Lipinski definition) is 0. The molecule has 0 fully saturated rings. The molecule has 0 spiro atoms. The van der Waals surface area contributed by atoms with Crippen LogP contribution in [0.5, 0.6) is 0 Å². The van der Waals surface area contributed by atoms with Gasteiger partial charge >= 0.3 is 5.97 Å². The molecule has 0 saturated heterocycles. The van der Waals surface area contributed by atoms with Gasteiger partial charge in [-0.05, 0) is 13.3 Å². The number of esters is 1. The smallest absolute Gasteiger partial charge is 0.305 e. The average molecular weight is 368 g/mol. The van der Waals surface area contributed by atoms with Crippen molar-refractivity contribution in [2.24, 2.45) is 0 Å². The summed E-state index contributed by atoms with van der Waals surface area (Å²) in [5.41, 5.74) is 0. The molecule has 0 bridgehead atoms. The van der Waals surface area contributed by atoms with Crippen molar-refractivity contribution in [2.45, 2.75) is 135 Å². The molecule has 0 aliphatic carbocycles. The topological polar surface area (TPSA) is 26.3 Å². The molecule has 0 heterocycles. The van der Waals surface area contributed by atoms with Crippen LogP contribution >= 0.6 is 0 Å². The van der Waals surface area contributed by atoms with Gasteiger partial charge in [0.1, 0.15) is 0 Å². The molecule has 0 rings (SSSR count). The minimum Gasteiger partial charge on any atom is -0.466 e. The first-order valence-corrected chi connectivity index (χ1v) is 11.8. The third-order valence-electron chi connectivity index (χ3n) is 5.25. The van der Waals surface area contributed by atoms with Gasteiger partial charge in [-0.15, -0.1) is 0 Å². The van der Waals surface area contributed by atoms with Crippen molar-refractivity contribution >= 4 is 5.97 Å². The minimum atomic E-state index is -0.0908. The number of ether oxygens (including phenoxy) is 1. The van der Waals surface area contributed by atoms with E-state index in [0.29, 0.717) is 6.42 Å². The summed E-state index contributed by atoms with van der Waals surface area (Å²) < 4.78 is 4.83. The molecule has 0 aliphatic heterocycles. The Bertz CT molecular complexity index is 275. The van der Waals surface area contributed by atoms with Crippen LogP contribution in [0.15, 0.2) is 0 Å². The fourth-order valence-electron chi connectivity index (χ4n) is 3.53. The van der Waals surface area contributed by atoms with Crippen LogP contribution in [0.3, 0.4) is 0 Å². The second-order valence-corrected chi connectivity index (χ2v) is 7.83. The van der Waals surface area contributed by atoms with E-state index < -0.39 is 0 Å². The Morgan fingerprint density at radius 2 is 0.885 bits per heavy atom. The summed E-state index contributed by atoms with van der Waals surface area (Å²) in [6, 6.07) is 0. The second kappa shape index (κ2) is 22.5. The summed E-state index contributed by atoms with van der Waals surface area (Å²) in [7, 11) is 0. The molecular formula is C24H47O2. The molecule has 26 heavy (non-hydrogen) atoms. The molecule has 0 unspecified atom stereocenters. The Morgan fingerprint density at radius 1 is 0.577 bits per heavy atom. The van der Waals surface area contributed by atoms with E-state index in [4.69, 9.17) is 4.74 Å². The van der Waals surface area contributed by atoms with Crippen LogP contribution in [0.2, 0.25) is 0 Å². The van der Waals surface area contributed by atoms with E-state index in [-0.39, 0.29) is 12.6 Å². The highest BCUT2D eigenvalue weighted by Gasteiger charge is 2.00. The largest absolute Gasteiger partial charge is 0.466 e. The van der Waals surface area contributed by atoms with Gasteiger partial charge in [0.15, 0.2) is 0 Å². The van der Waals surface area contributed by atoms with E-state index in [1.165, 1.54) is 109 Å². The van der Waals surface area contributed by atoms with Crippen molar-refractivity contribution in [1.29, 1.82) is 0 Å². The molecule has 0 saturated carbocycles. The number of unbranched alkanes of at least 4 members (excludes halogenated alkanes) is 18. The van der Waals surface area contributed by atoms with Crippen LogP contribution < -0.4 is 0 Å². The molecule has 0 aromatic heterocycles. The Morgan fingerprint density at radius 3 is 1.19 bits per heavy atom. The van der Waals surface area contributed by atoms with Crippen molar-refractivity contribution < 1.29 is 9.53 Å². The fraction of sp³-hybridized carbons (Fsp3) is 0.917. The minimum absolute atomic E-state index is 0.0908. The molecule has 0 N–H and O–H groups in total. The van der Waals surface area contributed by atoms with Crippen molar-refractivity contribution in [3.8, 4) is 0 Å². The fourth-order valence-corrected chi connectivity index (χ4v) is 3.53.